The van der Waals surface area contributed by atoms with Gasteiger partial charge in [0.25, 0.3) is 0 Å². The van der Waals surface area contributed by atoms with E-state index in [0.29, 0.717) is 14.6 Å². The zero-order valence-corrected chi connectivity index (χ0v) is 17.8. The lowest BCUT2D eigenvalue weighted by Crippen LogP contribution is -2.28. The molecule has 0 bridgehead atoms. The Kier molecular flexibility index (Phi) is 6.79. The normalized spacial score (nSPS) is 11.4. The van der Waals surface area contributed by atoms with Crippen LogP contribution < -0.4 is 10.0 Å². The van der Waals surface area contributed by atoms with Crippen molar-refractivity contribution < 1.29 is 13.2 Å². The Balaban J connectivity index is 1.95. The van der Waals surface area contributed by atoms with Gasteiger partial charge in [-0.2, -0.15) is 0 Å². The molecule has 2 N–H and O–H groups in total. The second-order valence-electron chi connectivity index (χ2n) is 5.65. The Hall–Kier alpha value is -1.22. The van der Waals surface area contributed by atoms with Crippen LogP contribution in [0.25, 0.3) is 0 Å². The molecule has 8 heteroatoms. The lowest BCUT2D eigenvalue weighted by Gasteiger charge is -2.10. The molecule has 1 amide bonds. The van der Waals surface area contributed by atoms with Crippen LogP contribution in [-0.2, 0) is 14.8 Å². The van der Waals surface area contributed by atoms with Crippen molar-refractivity contribution in [2.75, 3.05) is 11.9 Å². The first-order valence-corrected chi connectivity index (χ1v) is 10.6. The van der Waals surface area contributed by atoms with Gasteiger partial charge in [0.15, 0.2) is 0 Å². The van der Waals surface area contributed by atoms with Gasteiger partial charge in [-0.25, -0.2) is 13.1 Å². The zero-order chi connectivity index (χ0) is 18.6. The number of hydrogen-bond acceptors (Lipinski definition) is 3. The number of amides is 1. The highest BCUT2D eigenvalue weighted by Gasteiger charge is 2.18. The lowest BCUT2D eigenvalue weighted by atomic mass is 10.1. The van der Waals surface area contributed by atoms with Crippen molar-refractivity contribution in [3.63, 3.8) is 0 Å². The average Bonchev–Trinajstić information content (AvgIpc) is 2.48. The summed E-state index contributed by atoms with van der Waals surface area (Å²) in [7, 11) is -3.70. The molecule has 2 aromatic carbocycles. The number of anilines is 1. The smallest absolute Gasteiger partial charge is 0.241 e. The van der Waals surface area contributed by atoms with Crippen LogP contribution >= 0.6 is 31.9 Å². The van der Waals surface area contributed by atoms with Gasteiger partial charge in [-0.05, 0) is 71.2 Å². The summed E-state index contributed by atoms with van der Waals surface area (Å²) in [5.74, 6) is -0.249. The van der Waals surface area contributed by atoms with E-state index < -0.39 is 10.0 Å². The van der Waals surface area contributed by atoms with Gasteiger partial charge in [-0.1, -0.05) is 22.0 Å². The van der Waals surface area contributed by atoms with Crippen LogP contribution in [0.4, 0.5) is 5.69 Å². The third-order valence-corrected chi connectivity index (χ3v) is 6.28. The molecule has 0 aliphatic carbocycles. The predicted octanol–water partition coefficient (Wildman–Crippen LogP) is 4.14. The monoisotopic (exact) mass is 488 g/mol. The molecular weight excluding hydrogens is 472 g/mol. The minimum atomic E-state index is -3.70. The first kappa shape index (κ1) is 20.1. The Labute approximate surface area is 164 Å². The summed E-state index contributed by atoms with van der Waals surface area (Å²) in [6.45, 7) is 3.91. The average molecular weight is 490 g/mol. The van der Waals surface area contributed by atoms with Crippen molar-refractivity contribution in [2.24, 2.45) is 0 Å². The summed E-state index contributed by atoms with van der Waals surface area (Å²) < 4.78 is 28.2. The predicted molar refractivity (Wildman–Crippen MR) is 106 cm³/mol. The second-order valence-corrected chi connectivity index (χ2v) is 9.15. The highest BCUT2D eigenvalue weighted by molar-refractivity contribution is 9.11. The molecule has 0 aromatic heterocycles. The number of hydrogen-bond donors (Lipinski definition) is 2. The van der Waals surface area contributed by atoms with Crippen LogP contribution in [0.2, 0.25) is 0 Å². The van der Waals surface area contributed by atoms with Crippen molar-refractivity contribution in [3.8, 4) is 0 Å². The molecule has 5 nitrogen and oxygen atoms in total. The van der Waals surface area contributed by atoms with Crippen LogP contribution in [0, 0.1) is 13.8 Å². The Morgan fingerprint density at radius 3 is 2.32 bits per heavy atom. The second kappa shape index (κ2) is 8.44. The van der Waals surface area contributed by atoms with E-state index in [2.05, 4.69) is 41.9 Å². The first-order valence-electron chi connectivity index (χ1n) is 7.50. The number of benzene rings is 2. The third-order valence-electron chi connectivity index (χ3n) is 3.33. The molecule has 0 radical (unpaired) electrons. The van der Waals surface area contributed by atoms with Gasteiger partial charge < -0.3 is 5.32 Å². The quantitative estimate of drug-likeness (QED) is 0.640. The van der Waals surface area contributed by atoms with Gasteiger partial charge in [0.05, 0.1) is 4.90 Å². The fourth-order valence-electron chi connectivity index (χ4n) is 2.33. The summed E-state index contributed by atoms with van der Waals surface area (Å²) in [6, 6.07) is 10.6. The molecule has 0 aliphatic heterocycles. The van der Waals surface area contributed by atoms with E-state index in [9.17, 15) is 13.2 Å². The van der Waals surface area contributed by atoms with Gasteiger partial charge in [-0.15, -0.1) is 0 Å². The van der Waals surface area contributed by atoms with Gasteiger partial charge >= 0.3 is 0 Å². The van der Waals surface area contributed by atoms with Crippen molar-refractivity contribution in [3.05, 3.63) is 56.5 Å². The SMILES string of the molecule is Cc1cc(C)cc(NC(=O)CCNS(=O)(=O)c2cc(Br)ccc2Br)c1. The van der Waals surface area contributed by atoms with Crippen molar-refractivity contribution in [2.45, 2.75) is 25.2 Å². The molecule has 0 spiro atoms. The number of carbonyl (C=O) groups is 1. The van der Waals surface area contributed by atoms with Crippen molar-refractivity contribution in [1.29, 1.82) is 0 Å². The zero-order valence-electron chi connectivity index (χ0n) is 13.8. The molecule has 0 heterocycles. The topological polar surface area (TPSA) is 75.3 Å². The Bertz CT molecular complexity index is 879. The molecule has 2 rings (SSSR count). The number of nitrogens with one attached hydrogen (secondary N) is 2. The van der Waals surface area contributed by atoms with E-state index >= 15 is 0 Å². The maximum absolute atomic E-state index is 12.3. The fourth-order valence-corrected chi connectivity index (χ4v) is 4.86. The van der Waals surface area contributed by atoms with E-state index in [4.69, 9.17) is 0 Å². The van der Waals surface area contributed by atoms with Crippen molar-refractivity contribution in [1.82, 2.24) is 4.72 Å². The number of sulfonamides is 1. The maximum Gasteiger partial charge on any atom is 0.241 e. The fraction of sp³-hybridized carbons (Fsp3) is 0.235. The number of carbonyl (C=O) groups excluding carboxylic acids is 1. The van der Waals surface area contributed by atoms with E-state index in [-0.39, 0.29) is 23.8 Å². The lowest BCUT2D eigenvalue weighted by molar-refractivity contribution is -0.116. The standard InChI is InChI=1S/C17H18Br2N2O3S/c1-11-7-12(2)9-14(8-11)21-17(22)5-6-20-25(23,24)16-10-13(18)3-4-15(16)19/h3-4,7-10,20H,5-6H2,1-2H3,(H,21,22). The largest absolute Gasteiger partial charge is 0.326 e. The molecule has 0 saturated heterocycles. The molecule has 2 aromatic rings. The highest BCUT2D eigenvalue weighted by atomic mass is 79.9. The minimum absolute atomic E-state index is 0.0118. The molecule has 0 aliphatic rings. The van der Waals surface area contributed by atoms with E-state index in [0.717, 1.165) is 11.1 Å². The molecule has 0 unspecified atom stereocenters. The number of rotatable bonds is 6. The molecule has 134 valence electrons. The van der Waals surface area contributed by atoms with Crippen LogP contribution in [0.5, 0.6) is 0 Å². The Morgan fingerprint density at radius 2 is 1.68 bits per heavy atom. The van der Waals surface area contributed by atoms with Crippen molar-refractivity contribution >= 4 is 53.5 Å². The van der Waals surface area contributed by atoms with Crippen LogP contribution in [-0.4, -0.2) is 20.9 Å². The van der Waals surface area contributed by atoms with Gasteiger partial charge in [-0.3, -0.25) is 4.79 Å². The summed E-state index contributed by atoms with van der Waals surface area (Å²) in [4.78, 5) is 12.1. The maximum atomic E-state index is 12.3. The van der Waals surface area contributed by atoms with Gasteiger partial charge in [0.2, 0.25) is 15.9 Å². The summed E-state index contributed by atoms with van der Waals surface area (Å²) in [5, 5.41) is 2.78. The summed E-state index contributed by atoms with van der Waals surface area (Å²) in [5.41, 5.74) is 2.81. The number of aryl methyl sites for hydroxylation is 2. The van der Waals surface area contributed by atoms with Crippen LogP contribution in [0.15, 0.2) is 50.2 Å². The molecule has 0 saturated carbocycles. The highest BCUT2D eigenvalue weighted by Crippen LogP contribution is 2.25. The molecular formula is C17H18Br2N2O3S. The van der Waals surface area contributed by atoms with E-state index in [1.165, 1.54) is 6.07 Å². The minimum Gasteiger partial charge on any atom is -0.326 e. The summed E-state index contributed by atoms with van der Waals surface area (Å²) >= 11 is 6.48. The molecule has 0 fully saturated rings. The van der Waals surface area contributed by atoms with E-state index in [1.807, 2.05) is 32.0 Å². The summed E-state index contributed by atoms with van der Waals surface area (Å²) in [6.07, 6.45) is 0.0395. The molecule has 25 heavy (non-hydrogen) atoms. The van der Waals surface area contributed by atoms with E-state index in [1.54, 1.807) is 12.1 Å². The van der Waals surface area contributed by atoms with Crippen LogP contribution in [0.3, 0.4) is 0 Å². The van der Waals surface area contributed by atoms with Gasteiger partial charge in [0, 0.05) is 27.6 Å². The first-order chi connectivity index (χ1) is 11.7. The third kappa shape index (κ3) is 5.91. The molecule has 0 atom stereocenters. The van der Waals surface area contributed by atoms with Gasteiger partial charge in [0.1, 0.15) is 0 Å². The Morgan fingerprint density at radius 1 is 1.04 bits per heavy atom. The number of halogens is 2. The van der Waals surface area contributed by atoms with Crippen LogP contribution in [0.1, 0.15) is 17.5 Å².